The van der Waals surface area contributed by atoms with Gasteiger partial charge in [-0.05, 0) is 38.5 Å². The van der Waals surface area contributed by atoms with E-state index in [0.29, 0.717) is 0 Å². The van der Waals surface area contributed by atoms with Gasteiger partial charge in [0.2, 0.25) is 5.91 Å². The van der Waals surface area contributed by atoms with Gasteiger partial charge in [-0.15, -0.1) is 0 Å². The first kappa shape index (κ1) is 12.8. The van der Waals surface area contributed by atoms with Crippen LogP contribution in [0.15, 0.2) is 0 Å². The predicted octanol–water partition coefficient (Wildman–Crippen LogP) is 1.03. The van der Waals surface area contributed by atoms with E-state index in [-0.39, 0.29) is 18.0 Å². The fourth-order valence-corrected chi connectivity index (χ4v) is 3.10. The number of amides is 1. The summed E-state index contributed by atoms with van der Waals surface area (Å²) in [4.78, 5) is 12.2. The minimum Gasteiger partial charge on any atom is -0.352 e. The highest BCUT2D eigenvalue weighted by atomic mass is 16.2. The quantitative estimate of drug-likeness (QED) is 0.673. The van der Waals surface area contributed by atoms with Crippen molar-refractivity contribution in [1.29, 1.82) is 0 Å². The number of rotatable bonds is 2. The molecule has 2 fully saturated rings. The molecule has 4 nitrogen and oxygen atoms in total. The maximum atomic E-state index is 12.2. The first-order chi connectivity index (χ1) is 8.10. The molecule has 0 saturated heterocycles. The molecule has 1 amide bonds. The van der Waals surface area contributed by atoms with Crippen LogP contribution in [0.5, 0.6) is 0 Å². The normalized spacial score (nSPS) is 33.1. The van der Waals surface area contributed by atoms with E-state index < -0.39 is 5.54 Å². The zero-order valence-corrected chi connectivity index (χ0v) is 10.6. The monoisotopic (exact) mass is 239 g/mol. The lowest BCUT2D eigenvalue weighted by molar-refractivity contribution is -0.128. The molecule has 0 aromatic heterocycles. The molecule has 0 spiro atoms. The summed E-state index contributed by atoms with van der Waals surface area (Å²) in [6.07, 6.45) is 9.18. The van der Waals surface area contributed by atoms with Gasteiger partial charge in [-0.2, -0.15) is 0 Å². The van der Waals surface area contributed by atoms with Crippen LogP contribution in [0.2, 0.25) is 0 Å². The summed E-state index contributed by atoms with van der Waals surface area (Å²) >= 11 is 0. The SMILES string of the molecule is NC1CCCC(NC(=O)C2(N)CCCCC2)C1. The molecule has 0 aromatic rings. The third-order valence-corrected chi connectivity index (χ3v) is 4.25. The average molecular weight is 239 g/mol. The highest BCUT2D eigenvalue weighted by Crippen LogP contribution is 2.27. The molecule has 17 heavy (non-hydrogen) atoms. The molecule has 0 radical (unpaired) electrons. The topological polar surface area (TPSA) is 81.1 Å². The van der Waals surface area contributed by atoms with Crippen LogP contribution in [-0.4, -0.2) is 23.5 Å². The van der Waals surface area contributed by atoms with Crippen molar-refractivity contribution >= 4 is 5.91 Å². The summed E-state index contributed by atoms with van der Waals surface area (Å²) in [6, 6.07) is 0.489. The van der Waals surface area contributed by atoms with Crippen LogP contribution in [-0.2, 0) is 4.79 Å². The van der Waals surface area contributed by atoms with Crippen LogP contribution in [0.3, 0.4) is 0 Å². The zero-order valence-electron chi connectivity index (χ0n) is 10.6. The fraction of sp³-hybridized carbons (Fsp3) is 0.923. The molecule has 0 aliphatic heterocycles. The van der Waals surface area contributed by atoms with E-state index in [1.807, 2.05) is 0 Å². The van der Waals surface area contributed by atoms with Crippen LogP contribution < -0.4 is 16.8 Å². The van der Waals surface area contributed by atoms with Gasteiger partial charge in [-0.1, -0.05) is 19.3 Å². The smallest absolute Gasteiger partial charge is 0.240 e. The lowest BCUT2D eigenvalue weighted by atomic mass is 9.81. The van der Waals surface area contributed by atoms with Crippen LogP contribution in [0.1, 0.15) is 57.8 Å². The number of nitrogens with one attached hydrogen (secondary N) is 1. The van der Waals surface area contributed by atoms with Crippen molar-refractivity contribution in [3.05, 3.63) is 0 Å². The van der Waals surface area contributed by atoms with Crippen molar-refractivity contribution in [2.75, 3.05) is 0 Å². The third-order valence-electron chi connectivity index (χ3n) is 4.25. The van der Waals surface area contributed by atoms with Gasteiger partial charge in [-0.25, -0.2) is 0 Å². The average Bonchev–Trinajstić information content (AvgIpc) is 2.30. The van der Waals surface area contributed by atoms with E-state index in [4.69, 9.17) is 11.5 Å². The van der Waals surface area contributed by atoms with Crippen molar-refractivity contribution in [2.45, 2.75) is 75.4 Å². The highest BCUT2D eigenvalue weighted by molar-refractivity contribution is 5.86. The maximum absolute atomic E-state index is 12.2. The van der Waals surface area contributed by atoms with Gasteiger partial charge in [0.05, 0.1) is 5.54 Å². The van der Waals surface area contributed by atoms with E-state index in [1.54, 1.807) is 0 Å². The molecule has 0 aromatic carbocycles. The molecule has 0 heterocycles. The Bertz CT molecular complexity index is 274. The van der Waals surface area contributed by atoms with Gasteiger partial charge >= 0.3 is 0 Å². The second-order valence-corrected chi connectivity index (χ2v) is 5.81. The molecular weight excluding hydrogens is 214 g/mol. The fourth-order valence-electron chi connectivity index (χ4n) is 3.10. The van der Waals surface area contributed by atoms with E-state index in [1.165, 1.54) is 6.42 Å². The molecule has 2 aliphatic rings. The summed E-state index contributed by atoms with van der Waals surface area (Å²) < 4.78 is 0. The first-order valence-corrected chi connectivity index (χ1v) is 6.95. The molecule has 98 valence electrons. The Morgan fingerprint density at radius 2 is 1.82 bits per heavy atom. The van der Waals surface area contributed by atoms with E-state index in [0.717, 1.165) is 51.4 Å². The van der Waals surface area contributed by atoms with Crippen LogP contribution in [0, 0.1) is 0 Å². The Kier molecular flexibility index (Phi) is 4.05. The van der Waals surface area contributed by atoms with E-state index >= 15 is 0 Å². The molecular formula is C13H25N3O. The molecule has 2 aliphatic carbocycles. The summed E-state index contributed by atoms with van der Waals surface area (Å²) in [5, 5.41) is 3.12. The van der Waals surface area contributed by atoms with Crippen molar-refractivity contribution < 1.29 is 4.79 Å². The third kappa shape index (κ3) is 3.19. The standard InChI is InChI=1S/C13H25N3O/c14-10-5-4-6-11(9-10)16-12(17)13(15)7-2-1-3-8-13/h10-11H,1-9,14-15H2,(H,16,17). The summed E-state index contributed by atoms with van der Waals surface area (Å²) in [6.45, 7) is 0. The number of hydrogen-bond acceptors (Lipinski definition) is 3. The Hall–Kier alpha value is -0.610. The second-order valence-electron chi connectivity index (χ2n) is 5.81. The lowest BCUT2D eigenvalue weighted by Crippen LogP contribution is -2.58. The number of carbonyl (C=O) groups excluding carboxylic acids is 1. The molecule has 2 atom stereocenters. The Balaban J connectivity index is 1.87. The maximum Gasteiger partial charge on any atom is 0.240 e. The van der Waals surface area contributed by atoms with Crippen LogP contribution in [0.4, 0.5) is 0 Å². The van der Waals surface area contributed by atoms with Crippen LogP contribution in [0.25, 0.3) is 0 Å². The Morgan fingerprint density at radius 3 is 2.47 bits per heavy atom. The van der Waals surface area contributed by atoms with Gasteiger partial charge in [0, 0.05) is 12.1 Å². The molecule has 2 rings (SSSR count). The van der Waals surface area contributed by atoms with Gasteiger partial charge in [0.25, 0.3) is 0 Å². The van der Waals surface area contributed by atoms with Crippen molar-refractivity contribution in [2.24, 2.45) is 11.5 Å². The van der Waals surface area contributed by atoms with Gasteiger partial charge < -0.3 is 16.8 Å². The molecule has 0 bridgehead atoms. The summed E-state index contributed by atoms with van der Waals surface area (Å²) in [5.41, 5.74) is 11.5. The predicted molar refractivity (Wildman–Crippen MR) is 68.4 cm³/mol. The van der Waals surface area contributed by atoms with E-state index in [2.05, 4.69) is 5.32 Å². The molecule has 4 heteroatoms. The molecule has 2 unspecified atom stereocenters. The zero-order chi connectivity index (χ0) is 12.3. The molecule has 2 saturated carbocycles. The largest absolute Gasteiger partial charge is 0.352 e. The number of hydrogen-bond donors (Lipinski definition) is 3. The highest BCUT2D eigenvalue weighted by Gasteiger charge is 2.36. The van der Waals surface area contributed by atoms with Crippen molar-refractivity contribution in [3.8, 4) is 0 Å². The van der Waals surface area contributed by atoms with Crippen molar-refractivity contribution in [3.63, 3.8) is 0 Å². The van der Waals surface area contributed by atoms with Crippen LogP contribution >= 0.6 is 0 Å². The minimum absolute atomic E-state index is 0.0521. The van der Waals surface area contributed by atoms with Crippen molar-refractivity contribution in [1.82, 2.24) is 5.32 Å². The number of nitrogens with two attached hydrogens (primary N) is 2. The molecule has 5 N–H and O–H groups in total. The number of carbonyl (C=O) groups is 1. The van der Waals surface area contributed by atoms with Gasteiger partial charge in [-0.3, -0.25) is 4.79 Å². The Morgan fingerprint density at radius 1 is 1.12 bits per heavy atom. The summed E-state index contributed by atoms with van der Waals surface area (Å²) in [7, 11) is 0. The Labute approximate surface area is 103 Å². The lowest BCUT2D eigenvalue weighted by Gasteiger charge is -2.35. The summed E-state index contributed by atoms with van der Waals surface area (Å²) in [5.74, 6) is 0.0521. The van der Waals surface area contributed by atoms with Gasteiger partial charge in [0.15, 0.2) is 0 Å². The van der Waals surface area contributed by atoms with E-state index in [9.17, 15) is 4.79 Å². The minimum atomic E-state index is -0.611. The first-order valence-electron chi connectivity index (χ1n) is 6.95. The van der Waals surface area contributed by atoms with Gasteiger partial charge in [0.1, 0.15) is 0 Å². The second kappa shape index (κ2) is 5.36.